The minimum absolute atomic E-state index is 0.173. The van der Waals surface area contributed by atoms with Crippen molar-refractivity contribution in [2.45, 2.75) is 40.0 Å². The predicted octanol–water partition coefficient (Wildman–Crippen LogP) is 4.06. The molecule has 1 heterocycles. The summed E-state index contributed by atoms with van der Waals surface area (Å²) in [4.78, 5) is 24.9. The van der Waals surface area contributed by atoms with Gasteiger partial charge in [0.15, 0.2) is 6.10 Å². The zero-order valence-corrected chi connectivity index (χ0v) is 17.9. The molecule has 1 aromatic heterocycles. The van der Waals surface area contributed by atoms with Crippen LogP contribution in [0.1, 0.15) is 39.7 Å². The molecule has 0 aliphatic carbocycles. The Hall–Kier alpha value is -3.12. The predicted molar refractivity (Wildman–Crippen MR) is 115 cm³/mol. The smallest absolute Gasteiger partial charge is 0.343 e. The molecule has 0 radical (unpaired) electrons. The van der Waals surface area contributed by atoms with Crippen LogP contribution in [0.2, 0.25) is 5.15 Å². The maximum Gasteiger partial charge on any atom is 0.343 e. The number of nitrogens with zero attached hydrogens (tertiary/aromatic N) is 2. The van der Waals surface area contributed by atoms with Crippen LogP contribution in [0, 0.1) is 13.8 Å². The van der Waals surface area contributed by atoms with Crippen LogP contribution in [-0.4, -0.2) is 27.8 Å². The first-order valence-corrected chi connectivity index (χ1v) is 10.0. The van der Waals surface area contributed by atoms with Gasteiger partial charge in [-0.25, -0.2) is 9.48 Å². The molecule has 156 valence electrons. The molecule has 1 N–H and O–H groups in total. The molecule has 6 nitrogen and oxygen atoms in total. The van der Waals surface area contributed by atoms with E-state index in [9.17, 15) is 9.59 Å². The molecule has 0 aliphatic heterocycles. The van der Waals surface area contributed by atoms with E-state index in [0.29, 0.717) is 18.8 Å². The quantitative estimate of drug-likeness (QED) is 0.579. The van der Waals surface area contributed by atoms with Crippen molar-refractivity contribution < 1.29 is 14.3 Å². The van der Waals surface area contributed by atoms with Crippen LogP contribution in [-0.2, 0) is 22.6 Å². The summed E-state index contributed by atoms with van der Waals surface area (Å²) in [5, 5.41) is 7.31. The third-order valence-corrected chi connectivity index (χ3v) is 5.07. The summed E-state index contributed by atoms with van der Waals surface area (Å²) in [6.45, 7) is 6.02. The van der Waals surface area contributed by atoms with Crippen molar-refractivity contribution in [3.05, 3.63) is 87.7 Å². The molecule has 0 saturated carbocycles. The second kappa shape index (κ2) is 9.59. The minimum Gasteiger partial charge on any atom is -0.449 e. The fraction of sp³-hybridized carbons (Fsp3) is 0.261. The van der Waals surface area contributed by atoms with Crippen LogP contribution in [0.5, 0.6) is 0 Å². The number of rotatable bonds is 7. The number of halogens is 1. The largest absolute Gasteiger partial charge is 0.449 e. The fourth-order valence-corrected chi connectivity index (χ4v) is 3.27. The zero-order chi connectivity index (χ0) is 21.7. The molecule has 7 heteroatoms. The van der Waals surface area contributed by atoms with Crippen molar-refractivity contribution in [1.82, 2.24) is 15.1 Å². The normalized spacial score (nSPS) is 11.7. The molecular formula is C23H24ClN3O3. The van der Waals surface area contributed by atoms with E-state index in [1.807, 2.05) is 61.5 Å². The number of nitrogens with one attached hydrogen (secondary N) is 1. The molecule has 3 rings (SSSR count). The van der Waals surface area contributed by atoms with Gasteiger partial charge < -0.3 is 10.1 Å². The summed E-state index contributed by atoms with van der Waals surface area (Å²) in [5.74, 6) is -1.05. The average molecular weight is 426 g/mol. The van der Waals surface area contributed by atoms with Crippen molar-refractivity contribution in [3.63, 3.8) is 0 Å². The number of amides is 1. The van der Waals surface area contributed by atoms with E-state index in [1.165, 1.54) is 6.92 Å². The number of aromatic nitrogens is 2. The van der Waals surface area contributed by atoms with E-state index in [2.05, 4.69) is 10.4 Å². The second-order valence-electron chi connectivity index (χ2n) is 7.15. The highest BCUT2D eigenvalue weighted by molar-refractivity contribution is 6.32. The number of hydrogen-bond acceptors (Lipinski definition) is 4. The molecule has 30 heavy (non-hydrogen) atoms. The number of carbonyl (C=O) groups is 2. The number of benzene rings is 2. The Labute approximate surface area is 180 Å². The van der Waals surface area contributed by atoms with Gasteiger partial charge in [-0.15, -0.1) is 0 Å². The van der Waals surface area contributed by atoms with Crippen LogP contribution < -0.4 is 5.32 Å². The second-order valence-corrected chi connectivity index (χ2v) is 7.50. The first-order valence-electron chi connectivity index (χ1n) is 9.66. The molecule has 0 saturated heterocycles. The van der Waals surface area contributed by atoms with Crippen molar-refractivity contribution >= 4 is 23.5 Å². The molecule has 0 spiro atoms. The molecule has 1 atom stereocenters. The molecule has 0 aliphatic rings. The summed E-state index contributed by atoms with van der Waals surface area (Å²) in [6, 6.07) is 17.5. The van der Waals surface area contributed by atoms with Gasteiger partial charge in [-0.3, -0.25) is 4.79 Å². The summed E-state index contributed by atoms with van der Waals surface area (Å²) < 4.78 is 6.89. The third kappa shape index (κ3) is 5.27. The highest BCUT2D eigenvalue weighted by Crippen LogP contribution is 2.22. The Morgan fingerprint density at radius 2 is 1.73 bits per heavy atom. The van der Waals surface area contributed by atoms with Gasteiger partial charge in [0.2, 0.25) is 0 Å². The standard InChI is InChI=1S/C23H24ClN3O3/c1-15-9-11-19(12-10-15)14-27-21(24)20(16(2)26-27)23(29)30-17(3)22(28)25-13-18-7-5-4-6-8-18/h4-12,17H,13-14H2,1-3H3,(H,25,28)/t17-/m1/s1. The molecule has 0 bridgehead atoms. The SMILES string of the molecule is Cc1ccc(Cn2nc(C)c(C(=O)O[C@H](C)C(=O)NCc3ccccc3)c2Cl)cc1. The Morgan fingerprint density at radius 1 is 1.07 bits per heavy atom. The van der Waals surface area contributed by atoms with Gasteiger partial charge in [-0.1, -0.05) is 71.8 Å². The maximum atomic E-state index is 12.6. The summed E-state index contributed by atoms with van der Waals surface area (Å²) in [7, 11) is 0. The summed E-state index contributed by atoms with van der Waals surface area (Å²) >= 11 is 6.41. The minimum atomic E-state index is -0.961. The Bertz CT molecular complexity index is 1030. The number of aryl methyl sites for hydroxylation is 2. The Morgan fingerprint density at radius 3 is 2.40 bits per heavy atom. The molecule has 0 fully saturated rings. The Balaban J connectivity index is 1.63. The topological polar surface area (TPSA) is 73.2 Å². The lowest BCUT2D eigenvalue weighted by Crippen LogP contribution is -2.35. The van der Waals surface area contributed by atoms with E-state index < -0.39 is 12.1 Å². The van der Waals surface area contributed by atoms with E-state index in [1.54, 1.807) is 11.6 Å². The molecular weight excluding hydrogens is 402 g/mol. The van der Waals surface area contributed by atoms with Crippen LogP contribution >= 0.6 is 11.6 Å². The molecule has 3 aromatic rings. The first-order chi connectivity index (χ1) is 14.3. The first kappa shape index (κ1) is 21.6. The van der Waals surface area contributed by atoms with Gasteiger partial charge in [-0.05, 0) is 31.9 Å². The van der Waals surface area contributed by atoms with Gasteiger partial charge in [0.05, 0.1) is 12.2 Å². The van der Waals surface area contributed by atoms with Crippen LogP contribution in [0.4, 0.5) is 0 Å². The van der Waals surface area contributed by atoms with E-state index in [-0.39, 0.29) is 16.6 Å². The van der Waals surface area contributed by atoms with Gasteiger partial charge in [0.25, 0.3) is 5.91 Å². The summed E-state index contributed by atoms with van der Waals surface area (Å²) in [6.07, 6.45) is -0.961. The Kier molecular flexibility index (Phi) is 6.90. The van der Waals surface area contributed by atoms with Crippen molar-refractivity contribution in [2.24, 2.45) is 0 Å². The van der Waals surface area contributed by atoms with Gasteiger partial charge in [0, 0.05) is 6.54 Å². The summed E-state index contributed by atoms with van der Waals surface area (Å²) in [5.41, 5.74) is 3.75. The highest BCUT2D eigenvalue weighted by atomic mass is 35.5. The molecule has 2 aromatic carbocycles. The lowest BCUT2D eigenvalue weighted by atomic mass is 10.1. The van der Waals surface area contributed by atoms with Gasteiger partial charge >= 0.3 is 5.97 Å². The van der Waals surface area contributed by atoms with E-state index in [4.69, 9.17) is 16.3 Å². The van der Waals surface area contributed by atoms with Gasteiger partial charge in [0.1, 0.15) is 10.7 Å². The zero-order valence-electron chi connectivity index (χ0n) is 17.2. The maximum absolute atomic E-state index is 12.6. The number of carbonyl (C=O) groups excluding carboxylic acids is 2. The molecule has 0 unspecified atom stereocenters. The van der Waals surface area contributed by atoms with Crippen molar-refractivity contribution in [2.75, 3.05) is 0 Å². The number of ether oxygens (including phenoxy) is 1. The lowest BCUT2D eigenvalue weighted by molar-refractivity contribution is -0.129. The number of esters is 1. The van der Waals surface area contributed by atoms with E-state index in [0.717, 1.165) is 16.7 Å². The fourth-order valence-electron chi connectivity index (χ4n) is 2.96. The monoisotopic (exact) mass is 425 g/mol. The average Bonchev–Trinajstić information content (AvgIpc) is 3.01. The highest BCUT2D eigenvalue weighted by Gasteiger charge is 2.25. The van der Waals surface area contributed by atoms with Crippen LogP contribution in [0.3, 0.4) is 0 Å². The number of hydrogen-bond donors (Lipinski definition) is 1. The molecule has 1 amide bonds. The van der Waals surface area contributed by atoms with Crippen molar-refractivity contribution in [3.8, 4) is 0 Å². The van der Waals surface area contributed by atoms with Crippen LogP contribution in [0.15, 0.2) is 54.6 Å². The van der Waals surface area contributed by atoms with Crippen LogP contribution in [0.25, 0.3) is 0 Å². The van der Waals surface area contributed by atoms with Gasteiger partial charge in [-0.2, -0.15) is 5.10 Å². The van der Waals surface area contributed by atoms with E-state index >= 15 is 0 Å². The van der Waals surface area contributed by atoms with Crippen molar-refractivity contribution in [1.29, 1.82) is 0 Å². The third-order valence-electron chi connectivity index (χ3n) is 4.69. The lowest BCUT2D eigenvalue weighted by Gasteiger charge is -2.13.